The highest BCUT2D eigenvalue weighted by Gasteiger charge is 2.22. The summed E-state index contributed by atoms with van der Waals surface area (Å²) in [5.74, 6) is 1.06. The van der Waals surface area contributed by atoms with Crippen LogP contribution < -0.4 is 10.6 Å². The summed E-state index contributed by atoms with van der Waals surface area (Å²) < 4.78 is 28.9. The third-order valence-corrected chi connectivity index (χ3v) is 7.58. The molecule has 34 heavy (non-hydrogen) atoms. The largest absolute Gasteiger partial charge is 0.367 e. The van der Waals surface area contributed by atoms with Gasteiger partial charge in [-0.3, -0.25) is 4.79 Å². The number of hydrogen-bond donors (Lipinski definition) is 2. The Balaban J connectivity index is 1.58. The SMILES string of the molecule is CCN(CC)S(=O)(=O)c1ccc2c(c1)nc(CCC(=O)NCCNc1ncccc1C#N)n2C. The van der Waals surface area contributed by atoms with Gasteiger partial charge < -0.3 is 15.2 Å². The molecule has 0 aliphatic rings. The Morgan fingerprint density at radius 3 is 2.68 bits per heavy atom. The van der Waals surface area contributed by atoms with Crippen molar-refractivity contribution in [2.24, 2.45) is 7.05 Å². The maximum absolute atomic E-state index is 12.8. The van der Waals surface area contributed by atoms with E-state index < -0.39 is 10.0 Å². The van der Waals surface area contributed by atoms with E-state index in [9.17, 15) is 13.2 Å². The predicted molar refractivity (Wildman–Crippen MR) is 130 cm³/mol. The van der Waals surface area contributed by atoms with E-state index >= 15 is 0 Å². The number of benzene rings is 1. The molecule has 0 atom stereocenters. The molecule has 2 aromatic heterocycles. The highest BCUT2D eigenvalue weighted by atomic mass is 32.2. The second-order valence-corrected chi connectivity index (χ2v) is 9.55. The van der Waals surface area contributed by atoms with E-state index in [1.807, 2.05) is 25.5 Å². The first-order valence-electron chi connectivity index (χ1n) is 11.1. The number of fused-ring (bicyclic) bond motifs is 1. The van der Waals surface area contributed by atoms with Crippen molar-refractivity contribution in [1.82, 2.24) is 24.2 Å². The molecule has 0 aliphatic heterocycles. The van der Waals surface area contributed by atoms with Crippen LogP contribution in [0.3, 0.4) is 0 Å². The van der Waals surface area contributed by atoms with Crippen molar-refractivity contribution in [3.8, 4) is 6.07 Å². The maximum Gasteiger partial charge on any atom is 0.243 e. The quantitative estimate of drug-likeness (QED) is 0.399. The minimum atomic E-state index is -3.57. The Labute approximate surface area is 199 Å². The fourth-order valence-electron chi connectivity index (χ4n) is 3.66. The molecule has 0 saturated carbocycles. The molecule has 0 radical (unpaired) electrons. The van der Waals surface area contributed by atoms with Crippen molar-refractivity contribution in [3.05, 3.63) is 47.9 Å². The van der Waals surface area contributed by atoms with Crippen molar-refractivity contribution >= 4 is 32.8 Å². The molecule has 0 bridgehead atoms. The predicted octanol–water partition coefficient (Wildman–Crippen LogP) is 2.03. The number of amides is 1. The number of anilines is 1. The van der Waals surface area contributed by atoms with Gasteiger partial charge in [0.25, 0.3) is 0 Å². The van der Waals surface area contributed by atoms with Crippen LogP contribution in [0.5, 0.6) is 0 Å². The van der Waals surface area contributed by atoms with Gasteiger partial charge in [0.1, 0.15) is 17.7 Å². The van der Waals surface area contributed by atoms with Crippen LogP contribution in [-0.4, -0.2) is 59.3 Å². The standard InChI is InChI=1S/C23H29N7O3S/c1-4-30(5-2)34(32,33)18-8-9-20-19(15-18)28-21(29(20)3)10-11-22(31)25-13-14-27-23-17(16-24)7-6-12-26-23/h6-9,12,15H,4-5,10-11,13-14H2,1-3H3,(H,25,31)(H,26,27). The Hall–Kier alpha value is -3.49. The lowest BCUT2D eigenvalue weighted by Gasteiger charge is -2.18. The number of aryl methyl sites for hydroxylation is 2. The van der Waals surface area contributed by atoms with Crippen LogP contribution in [0, 0.1) is 11.3 Å². The summed E-state index contributed by atoms with van der Waals surface area (Å²) in [5, 5.41) is 14.9. The van der Waals surface area contributed by atoms with Crippen LogP contribution in [-0.2, 0) is 28.3 Å². The topological polar surface area (TPSA) is 133 Å². The lowest BCUT2D eigenvalue weighted by atomic mass is 10.2. The monoisotopic (exact) mass is 483 g/mol. The van der Waals surface area contributed by atoms with Gasteiger partial charge in [0, 0.05) is 52.3 Å². The van der Waals surface area contributed by atoms with Gasteiger partial charge in [0.05, 0.1) is 21.5 Å². The molecular formula is C23H29N7O3S. The number of hydrogen-bond acceptors (Lipinski definition) is 7. The van der Waals surface area contributed by atoms with Crippen molar-refractivity contribution in [2.75, 3.05) is 31.5 Å². The number of rotatable bonds is 11. The number of carbonyl (C=O) groups is 1. The molecule has 0 fully saturated rings. The number of carbonyl (C=O) groups excluding carboxylic acids is 1. The average Bonchev–Trinajstić information content (AvgIpc) is 3.16. The normalized spacial score (nSPS) is 11.5. The van der Waals surface area contributed by atoms with E-state index in [2.05, 4.69) is 26.7 Å². The molecule has 1 amide bonds. The number of nitrogens with zero attached hydrogens (tertiary/aromatic N) is 5. The van der Waals surface area contributed by atoms with Crippen molar-refractivity contribution in [3.63, 3.8) is 0 Å². The molecule has 10 nitrogen and oxygen atoms in total. The molecule has 3 rings (SSSR count). The first-order valence-corrected chi connectivity index (χ1v) is 12.6. The number of nitriles is 1. The number of aromatic nitrogens is 3. The zero-order valence-corrected chi connectivity index (χ0v) is 20.4. The van der Waals surface area contributed by atoms with Crippen molar-refractivity contribution < 1.29 is 13.2 Å². The molecule has 0 aliphatic carbocycles. The van der Waals surface area contributed by atoms with Gasteiger partial charge in [-0.2, -0.15) is 9.57 Å². The van der Waals surface area contributed by atoms with E-state index in [-0.39, 0.29) is 17.2 Å². The summed E-state index contributed by atoms with van der Waals surface area (Å²) in [6.45, 7) is 5.24. The average molecular weight is 484 g/mol. The molecule has 3 aromatic rings. The van der Waals surface area contributed by atoms with Crippen LogP contribution in [0.2, 0.25) is 0 Å². The van der Waals surface area contributed by atoms with E-state index in [0.29, 0.717) is 55.3 Å². The smallest absolute Gasteiger partial charge is 0.243 e. The van der Waals surface area contributed by atoms with Crippen molar-refractivity contribution in [1.29, 1.82) is 5.26 Å². The van der Waals surface area contributed by atoms with Gasteiger partial charge in [0.2, 0.25) is 15.9 Å². The van der Waals surface area contributed by atoms with Crippen LogP contribution in [0.4, 0.5) is 5.82 Å². The minimum Gasteiger partial charge on any atom is -0.367 e. The second-order valence-electron chi connectivity index (χ2n) is 7.61. The molecule has 2 N–H and O–H groups in total. The van der Waals surface area contributed by atoms with Gasteiger partial charge in [-0.1, -0.05) is 13.8 Å². The van der Waals surface area contributed by atoms with E-state index in [1.165, 1.54) is 4.31 Å². The molecule has 1 aromatic carbocycles. The molecule has 2 heterocycles. The summed E-state index contributed by atoms with van der Waals surface area (Å²) in [6, 6.07) is 10.4. The summed E-state index contributed by atoms with van der Waals surface area (Å²) in [7, 11) is -1.72. The first kappa shape index (κ1) is 25.1. The zero-order chi connectivity index (χ0) is 24.7. The molecule has 180 valence electrons. The molecule has 0 unspecified atom stereocenters. The summed E-state index contributed by atoms with van der Waals surface area (Å²) in [4.78, 5) is 21.2. The zero-order valence-electron chi connectivity index (χ0n) is 19.6. The Morgan fingerprint density at radius 1 is 1.21 bits per heavy atom. The summed E-state index contributed by atoms with van der Waals surface area (Å²) in [6.07, 6.45) is 2.26. The van der Waals surface area contributed by atoms with Crippen molar-refractivity contribution in [2.45, 2.75) is 31.6 Å². The van der Waals surface area contributed by atoms with Gasteiger partial charge >= 0.3 is 0 Å². The third-order valence-electron chi connectivity index (χ3n) is 5.53. The molecular weight excluding hydrogens is 454 g/mol. The first-order chi connectivity index (χ1) is 16.3. The number of nitrogens with one attached hydrogen (secondary N) is 2. The molecule has 0 saturated heterocycles. The lowest BCUT2D eigenvalue weighted by molar-refractivity contribution is -0.121. The Bertz CT molecular complexity index is 1310. The second kappa shape index (κ2) is 11.1. The van der Waals surface area contributed by atoms with E-state index in [0.717, 1.165) is 5.52 Å². The van der Waals surface area contributed by atoms with Gasteiger partial charge in [-0.15, -0.1) is 0 Å². The summed E-state index contributed by atoms with van der Waals surface area (Å²) >= 11 is 0. The van der Waals surface area contributed by atoms with Gasteiger partial charge in [-0.05, 0) is 30.3 Å². The minimum absolute atomic E-state index is 0.125. The number of imidazole rings is 1. The highest BCUT2D eigenvalue weighted by molar-refractivity contribution is 7.89. The molecule has 0 spiro atoms. The highest BCUT2D eigenvalue weighted by Crippen LogP contribution is 2.22. The van der Waals surface area contributed by atoms with Crippen LogP contribution in [0.1, 0.15) is 31.7 Å². The van der Waals surface area contributed by atoms with Crippen LogP contribution in [0.15, 0.2) is 41.4 Å². The number of sulfonamides is 1. The van der Waals surface area contributed by atoms with E-state index in [1.54, 1.807) is 36.5 Å². The van der Waals surface area contributed by atoms with Crippen LogP contribution >= 0.6 is 0 Å². The summed E-state index contributed by atoms with van der Waals surface area (Å²) in [5.41, 5.74) is 1.84. The van der Waals surface area contributed by atoms with Gasteiger partial charge in [-0.25, -0.2) is 18.4 Å². The van der Waals surface area contributed by atoms with E-state index in [4.69, 9.17) is 5.26 Å². The fraction of sp³-hybridized carbons (Fsp3) is 0.391. The maximum atomic E-state index is 12.8. The molecule has 11 heteroatoms. The number of pyridine rings is 1. The third kappa shape index (κ3) is 5.52. The van der Waals surface area contributed by atoms with Gasteiger partial charge in [0.15, 0.2) is 0 Å². The fourth-order valence-corrected chi connectivity index (χ4v) is 5.14. The lowest BCUT2D eigenvalue weighted by Crippen LogP contribution is -2.30. The Kier molecular flexibility index (Phi) is 8.20. The van der Waals surface area contributed by atoms with Crippen LogP contribution in [0.25, 0.3) is 11.0 Å². The Morgan fingerprint density at radius 2 is 1.97 bits per heavy atom.